The first kappa shape index (κ1) is 15.0. The van der Waals surface area contributed by atoms with Crippen molar-refractivity contribution in [2.24, 2.45) is 5.92 Å². The van der Waals surface area contributed by atoms with Crippen molar-refractivity contribution in [3.05, 3.63) is 29.6 Å². The number of methoxy groups -OCH3 is 1. The van der Waals surface area contributed by atoms with Gasteiger partial charge in [0.05, 0.1) is 7.11 Å². The first-order chi connectivity index (χ1) is 8.65. The smallest absolute Gasteiger partial charge is 0.169 e. The Kier molecular flexibility index (Phi) is 6.13. The summed E-state index contributed by atoms with van der Waals surface area (Å²) in [7, 11) is 1.50. The molecule has 0 spiro atoms. The third-order valence-corrected chi connectivity index (χ3v) is 3.38. The summed E-state index contributed by atoms with van der Waals surface area (Å²) in [5.41, 5.74) is 0.706. The second kappa shape index (κ2) is 7.37. The van der Waals surface area contributed by atoms with Gasteiger partial charge in [-0.3, -0.25) is 0 Å². The van der Waals surface area contributed by atoms with Crippen LogP contribution in [-0.2, 0) is 0 Å². The van der Waals surface area contributed by atoms with E-state index in [9.17, 15) is 4.39 Å². The lowest BCUT2D eigenvalue weighted by atomic mass is 9.92. The van der Waals surface area contributed by atoms with Gasteiger partial charge in [-0.2, -0.15) is 0 Å². The molecule has 1 rings (SSSR count). The Balaban J connectivity index is 3.04. The number of nitrogens with one attached hydrogen (secondary N) is 1. The fourth-order valence-corrected chi connectivity index (χ4v) is 2.08. The highest BCUT2D eigenvalue weighted by molar-refractivity contribution is 5.33. The number of ether oxygens (including phenoxy) is 1. The molecule has 0 radical (unpaired) electrons. The molecule has 0 amide bonds. The van der Waals surface area contributed by atoms with Gasteiger partial charge in [-0.25, -0.2) is 4.39 Å². The maximum absolute atomic E-state index is 14.3. The summed E-state index contributed by atoms with van der Waals surface area (Å²) in [4.78, 5) is 0. The molecule has 0 heterocycles. The van der Waals surface area contributed by atoms with Crippen LogP contribution in [0.3, 0.4) is 0 Å². The van der Waals surface area contributed by atoms with Gasteiger partial charge in [-0.05, 0) is 24.9 Å². The molecule has 2 atom stereocenters. The fraction of sp³-hybridized carbons (Fsp3) is 0.600. The van der Waals surface area contributed by atoms with E-state index < -0.39 is 0 Å². The number of rotatable bonds is 7. The lowest BCUT2D eigenvalue weighted by Gasteiger charge is -2.25. The van der Waals surface area contributed by atoms with Crippen LogP contribution in [0, 0.1) is 11.7 Å². The monoisotopic (exact) mass is 253 g/mol. The summed E-state index contributed by atoms with van der Waals surface area (Å²) in [6.45, 7) is 7.28. The van der Waals surface area contributed by atoms with Crippen LogP contribution in [0.15, 0.2) is 18.2 Å². The maximum atomic E-state index is 14.3. The molecule has 0 aliphatic heterocycles. The predicted molar refractivity (Wildman–Crippen MR) is 73.4 cm³/mol. The van der Waals surface area contributed by atoms with Gasteiger partial charge in [0.1, 0.15) is 0 Å². The Morgan fingerprint density at radius 1 is 1.33 bits per heavy atom. The molecule has 0 bridgehead atoms. The SMILES string of the molecule is CCCNC(c1cccc(OC)c1F)C(C)CC. The minimum absolute atomic E-state index is 0.0463. The van der Waals surface area contributed by atoms with Crippen LogP contribution in [0.25, 0.3) is 0 Å². The Morgan fingerprint density at radius 3 is 2.61 bits per heavy atom. The molecule has 1 aromatic rings. The van der Waals surface area contributed by atoms with E-state index in [4.69, 9.17) is 4.74 Å². The molecule has 2 unspecified atom stereocenters. The van der Waals surface area contributed by atoms with Gasteiger partial charge in [0, 0.05) is 11.6 Å². The van der Waals surface area contributed by atoms with Crippen molar-refractivity contribution in [1.29, 1.82) is 0 Å². The molecule has 102 valence electrons. The molecule has 0 saturated carbocycles. The molecule has 0 aromatic heterocycles. The molecule has 0 aliphatic rings. The van der Waals surface area contributed by atoms with E-state index in [0.29, 0.717) is 17.2 Å². The highest BCUT2D eigenvalue weighted by Gasteiger charge is 2.22. The molecule has 2 nitrogen and oxygen atoms in total. The van der Waals surface area contributed by atoms with Crippen LogP contribution < -0.4 is 10.1 Å². The number of benzene rings is 1. The number of hydrogen-bond donors (Lipinski definition) is 1. The zero-order valence-corrected chi connectivity index (χ0v) is 11.8. The van der Waals surface area contributed by atoms with E-state index in [2.05, 4.69) is 26.1 Å². The Hall–Kier alpha value is -1.09. The third kappa shape index (κ3) is 3.45. The first-order valence-electron chi connectivity index (χ1n) is 6.71. The zero-order valence-electron chi connectivity index (χ0n) is 11.8. The van der Waals surface area contributed by atoms with E-state index in [1.807, 2.05) is 12.1 Å². The molecule has 0 saturated heterocycles. The molecule has 1 N–H and O–H groups in total. The summed E-state index contributed by atoms with van der Waals surface area (Å²) in [6, 6.07) is 5.40. The Bertz CT molecular complexity index is 368. The molecule has 0 fully saturated rings. The van der Waals surface area contributed by atoms with Crippen molar-refractivity contribution in [2.75, 3.05) is 13.7 Å². The van der Waals surface area contributed by atoms with Gasteiger partial charge >= 0.3 is 0 Å². The third-order valence-electron chi connectivity index (χ3n) is 3.38. The largest absolute Gasteiger partial charge is 0.494 e. The maximum Gasteiger partial charge on any atom is 0.169 e. The van der Waals surface area contributed by atoms with Crippen molar-refractivity contribution in [3.63, 3.8) is 0 Å². The highest BCUT2D eigenvalue weighted by atomic mass is 19.1. The van der Waals surface area contributed by atoms with Gasteiger partial charge in [-0.1, -0.05) is 39.3 Å². The van der Waals surface area contributed by atoms with Crippen LogP contribution in [0.5, 0.6) is 5.75 Å². The highest BCUT2D eigenvalue weighted by Crippen LogP contribution is 2.30. The summed E-state index contributed by atoms with van der Waals surface area (Å²) in [6.07, 6.45) is 2.05. The van der Waals surface area contributed by atoms with Crippen LogP contribution in [0.2, 0.25) is 0 Å². The van der Waals surface area contributed by atoms with E-state index in [0.717, 1.165) is 19.4 Å². The second-order valence-electron chi connectivity index (χ2n) is 4.68. The lowest BCUT2D eigenvalue weighted by molar-refractivity contribution is 0.348. The van der Waals surface area contributed by atoms with Crippen molar-refractivity contribution < 1.29 is 9.13 Å². The molecule has 0 aliphatic carbocycles. The van der Waals surface area contributed by atoms with Crippen molar-refractivity contribution in [1.82, 2.24) is 5.32 Å². The predicted octanol–water partition coefficient (Wildman–Crippen LogP) is 3.92. The summed E-state index contributed by atoms with van der Waals surface area (Å²) >= 11 is 0. The molecule has 1 aromatic carbocycles. The molecule has 18 heavy (non-hydrogen) atoms. The van der Waals surface area contributed by atoms with Crippen LogP contribution in [0.4, 0.5) is 4.39 Å². The fourth-order valence-electron chi connectivity index (χ4n) is 2.08. The van der Waals surface area contributed by atoms with Gasteiger partial charge < -0.3 is 10.1 Å². The van der Waals surface area contributed by atoms with E-state index in [1.54, 1.807) is 6.07 Å². The molecule has 3 heteroatoms. The normalized spacial score (nSPS) is 14.3. The van der Waals surface area contributed by atoms with E-state index >= 15 is 0 Å². The average molecular weight is 253 g/mol. The minimum atomic E-state index is -0.242. The zero-order chi connectivity index (χ0) is 13.5. The standard InChI is InChI=1S/C15H24FNO/c1-5-10-17-15(11(3)6-2)12-8-7-9-13(18-4)14(12)16/h7-9,11,15,17H,5-6,10H2,1-4H3. The summed E-state index contributed by atoms with van der Waals surface area (Å²) in [5.74, 6) is 0.464. The van der Waals surface area contributed by atoms with Crippen molar-refractivity contribution >= 4 is 0 Å². The van der Waals surface area contributed by atoms with Gasteiger partial charge in [0.15, 0.2) is 11.6 Å². The van der Waals surface area contributed by atoms with Crippen molar-refractivity contribution in [2.45, 2.75) is 39.7 Å². The van der Waals surface area contributed by atoms with Crippen LogP contribution in [-0.4, -0.2) is 13.7 Å². The first-order valence-corrected chi connectivity index (χ1v) is 6.71. The van der Waals surface area contributed by atoms with E-state index in [1.165, 1.54) is 7.11 Å². The molecular weight excluding hydrogens is 229 g/mol. The van der Waals surface area contributed by atoms with Crippen molar-refractivity contribution in [3.8, 4) is 5.75 Å². The van der Waals surface area contributed by atoms with Crippen LogP contribution >= 0.6 is 0 Å². The lowest BCUT2D eigenvalue weighted by Crippen LogP contribution is -2.28. The quantitative estimate of drug-likeness (QED) is 0.795. The number of hydrogen-bond acceptors (Lipinski definition) is 2. The minimum Gasteiger partial charge on any atom is -0.494 e. The summed E-state index contributed by atoms with van der Waals surface area (Å²) < 4.78 is 19.3. The Morgan fingerprint density at radius 2 is 2.06 bits per heavy atom. The van der Waals surface area contributed by atoms with Gasteiger partial charge in [-0.15, -0.1) is 0 Å². The topological polar surface area (TPSA) is 21.3 Å². The molecular formula is C15H24FNO. The second-order valence-corrected chi connectivity index (χ2v) is 4.68. The average Bonchev–Trinajstić information content (AvgIpc) is 2.40. The number of halogens is 1. The van der Waals surface area contributed by atoms with Gasteiger partial charge in [0.2, 0.25) is 0 Å². The van der Waals surface area contributed by atoms with Crippen LogP contribution in [0.1, 0.15) is 45.2 Å². The van der Waals surface area contributed by atoms with Gasteiger partial charge in [0.25, 0.3) is 0 Å². The summed E-state index contributed by atoms with van der Waals surface area (Å²) in [5, 5.41) is 3.43. The van der Waals surface area contributed by atoms with E-state index in [-0.39, 0.29) is 11.9 Å². The Labute approximate surface area is 110 Å².